The molecule has 1 saturated carbocycles. The van der Waals surface area contributed by atoms with Crippen molar-refractivity contribution in [1.82, 2.24) is 19.8 Å². The summed E-state index contributed by atoms with van der Waals surface area (Å²) in [6.45, 7) is 7.56. The van der Waals surface area contributed by atoms with Gasteiger partial charge in [0.1, 0.15) is 12.1 Å². The Bertz CT molecular complexity index is 1510. The number of amides is 2. The van der Waals surface area contributed by atoms with E-state index in [-0.39, 0.29) is 17.2 Å². The molecule has 0 unspecified atom stereocenters. The molecule has 43 heavy (non-hydrogen) atoms. The predicted octanol–water partition coefficient (Wildman–Crippen LogP) is 5.04. The number of hydrogen-bond acceptors (Lipinski definition) is 7. The normalized spacial score (nSPS) is 16.9. The van der Waals surface area contributed by atoms with E-state index in [1.807, 2.05) is 6.07 Å². The number of aromatic nitrogens is 2. The summed E-state index contributed by atoms with van der Waals surface area (Å²) in [6, 6.07) is 9.68. The number of alkyl halides is 3. The van der Waals surface area contributed by atoms with Gasteiger partial charge in [-0.3, -0.25) is 14.5 Å². The Morgan fingerprint density at radius 1 is 1.00 bits per heavy atom. The van der Waals surface area contributed by atoms with Crippen LogP contribution in [0.2, 0.25) is 5.02 Å². The zero-order valence-electron chi connectivity index (χ0n) is 23.9. The molecule has 228 valence electrons. The number of hydrogen-bond donors (Lipinski definition) is 3. The molecule has 2 heterocycles. The highest BCUT2D eigenvalue weighted by molar-refractivity contribution is 6.31. The van der Waals surface area contributed by atoms with E-state index in [0.29, 0.717) is 30.0 Å². The van der Waals surface area contributed by atoms with Crippen molar-refractivity contribution in [2.75, 3.05) is 62.3 Å². The second-order valence-electron chi connectivity index (χ2n) is 11.1. The van der Waals surface area contributed by atoms with E-state index >= 15 is 0 Å². The third kappa shape index (κ3) is 7.26. The minimum atomic E-state index is -4.66. The van der Waals surface area contributed by atoms with Crippen LogP contribution in [0.4, 0.5) is 30.4 Å². The number of benzene rings is 2. The highest BCUT2D eigenvalue weighted by atomic mass is 35.5. The zero-order chi connectivity index (χ0) is 30.8. The topological polar surface area (TPSA) is 102 Å². The van der Waals surface area contributed by atoms with E-state index in [1.165, 1.54) is 24.5 Å². The maximum Gasteiger partial charge on any atom is 0.417 e. The SMILES string of the molecule is Cc1ccc(C(=O)Nc2ccc(Cl)c(C(F)(F)F)c2)cc1NC(=O)C1(c2cc(NCCN3CCN(C)CC3)ncn2)CC1. The fourth-order valence-corrected chi connectivity index (χ4v) is 5.24. The summed E-state index contributed by atoms with van der Waals surface area (Å²) >= 11 is 5.68. The molecule has 2 fully saturated rings. The molecule has 13 heteroatoms. The van der Waals surface area contributed by atoms with Gasteiger partial charge in [0.2, 0.25) is 5.91 Å². The molecule has 5 rings (SSSR count). The molecular weight excluding hydrogens is 583 g/mol. The standard InChI is InChI=1S/C30H33ClF3N7O2/c1-19-3-4-20(27(42)38-21-5-6-23(31)22(16-21)30(32,33)34)15-24(19)39-28(43)29(7-8-29)25-17-26(37-18-36-25)35-9-10-41-13-11-40(2)12-14-41/h3-6,15-18H,7-14H2,1-2H3,(H,38,42)(H,39,43)(H,35,36,37). The third-order valence-electron chi connectivity index (χ3n) is 7.95. The minimum absolute atomic E-state index is 0.0541. The minimum Gasteiger partial charge on any atom is -0.369 e. The lowest BCUT2D eigenvalue weighted by atomic mass is 10.00. The van der Waals surface area contributed by atoms with Crippen molar-refractivity contribution in [3.05, 3.63) is 76.2 Å². The van der Waals surface area contributed by atoms with Gasteiger partial charge in [0.05, 0.1) is 21.7 Å². The van der Waals surface area contributed by atoms with Crippen molar-refractivity contribution < 1.29 is 22.8 Å². The first-order valence-corrected chi connectivity index (χ1v) is 14.4. The van der Waals surface area contributed by atoms with Crippen molar-refractivity contribution in [3.63, 3.8) is 0 Å². The molecule has 1 aliphatic heterocycles. The molecule has 0 radical (unpaired) electrons. The number of anilines is 3. The Morgan fingerprint density at radius 3 is 2.44 bits per heavy atom. The van der Waals surface area contributed by atoms with E-state index < -0.39 is 28.1 Å². The maximum atomic E-state index is 13.5. The lowest BCUT2D eigenvalue weighted by Crippen LogP contribution is -2.45. The first kappa shape index (κ1) is 30.7. The summed E-state index contributed by atoms with van der Waals surface area (Å²) < 4.78 is 39.7. The molecule has 0 atom stereocenters. The summed E-state index contributed by atoms with van der Waals surface area (Å²) in [6.07, 6.45) is -1.97. The molecular formula is C30H33ClF3N7O2. The van der Waals surface area contributed by atoms with Gasteiger partial charge in [-0.25, -0.2) is 9.97 Å². The van der Waals surface area contributed by atoms with Crippen molar-refractivity contribution in [1.29, 1.82) is 0 Å². The molecule has 0 bridgehead atoms. The van der Waals surface area contributed by atoms with Crippen molar-refractivity contribution >= 4 is 40.6 Å². The highest BCUT2D eigenvalue weighted by Gasteiger charge is 2.53. The van der Waals surface area contributed by atoms with E-state index in [1.54, 1.807) is 13.0 Å². The fraction of sp³-hybridized carbons (Fsp3) is 0.400. The van der Waals surface area contributed by atoms with Crippen LogP contribution in [0.5, 0.6) is 0 Å². The van der Waals surface area contributed by atoms with Gasteiger partial charge in [-0.05, 0) is 62.7 Å². The maximum absolute atomic E-state index is 13.5. The summed E-state index contributed by atoms with van der Waals surface area (Å²) in [5.74, 6) is -0.220. The Morgan fingerprint density at radius 2 is 1.74 bits per heavy atom. The van der Waals surface area contributed by atoms with Crippen molar-refractivity contribution in [3.8, 4) is 0 Å². The van der Waals surface area contributed by atoms with Crippen LogP contribution >= 0.6 is 11.6 Å². The Balaban J connectivity index is 1.23. The number of likely N-dealkylation sites (N-methyl/N-ethyl adjacent to an activating group) is 1. The molecule has 1 aliphatic carbocycles. The molecule has 2 aromatic carbocycles. The molecule has 1 aromatic heterocycles. The average molecular weight is 616 g/mol. The summed E-state index contributed by atoms with van der Waals surface area (Å²) in [5.41, 5.74) is 0.0352. The van der Waals surface area contributed by atoms with Crippen LogP contribution in [0.3, 0.4) is 0 Å². The third-order valence-corrected chi connectivity index (χ3v) is 8.28. The number of aryl methyl sites for hydroxylation is 1. The number of nitrogens with one attached hydrogen (secondary N) is 3. The predicted molar refractivity (Wildman–Crippen MR) is 160 cm³/mol. The van der Waals surface area contributed by atoms with Gasteiger partial charge < -0.3 is 20.9 Å². The number of carbonyl (C=O) groups excluding carboxylic acids is 2. The van der Waals surface area contributed by atoms with Crippen LogP contribution in [-0.2, 0) is 16.4 Å². The molecule has 0 spiro atoms. The highest BCUT2D eigenvalue weighted by Crippen LogP contribution is 2.48. The van der Waals surface area contributed by atoms with Gasteiger partial charge in [-0.1, -0.05) is 17.7 Å². The summed E-state index contributed by atoms with van der Waals surface area (Å²) in [5, 5.41) is 8.29. The van der Waals surface area contributed by atoms with Gasteiger partial charge in [0.25, 0.3) is 5.91 Å². The second-order valence-corrected chi connectivity index (χ2v) is 11.5. The number of halogens is 4. The van der Waals surface area contributed by atoms with Gasteiger partial charge in [-0.2, -0.15) is 13.2 Å². The largest absolute Gasteiger partial charge is 0.417 e. The molecule has 2 aliphatic rings. The Hall–Kier alpha value is -3.74. The number of carbonyl (C=O) groups is 2. The van der Waals surface area contributed by atoms with Gasteiger partial charge in [-0.15, -0.1) is 0 Å². The van der Waals surface area contributed by atoms with Crippen molar-refractivity contribution in [2.45, 2.75) is 31.4 Å². The van der Waals surface area contributed by atoms with E-state index in [4.69, 9.17) is 11.6 Å². The lowest BCUT2D eigenvalue weighted by molar-refractivity contribution is -0.137. The zero-order valence-corrected chi connectivity index (χ0v) is 24.6. The van der Waals surface area contributed by atoms with Crippen LogP contribution in [0, 0.1) is 6.92 Å². The number of rotatable bonds is 9. The van der Waals surface area contributed by atoms with Crippen LogP contribution in [-0.4, -0.2) is 77.9 Å². The smallest absolute Gasteiger partial charge is 0.369 e. The van der Waals surface area contributed by atoms with Crippen molar-refractivity contribution in [2.24, 2.45) is 0 Å². The van der Waals surface area contributed by atoms with E-state index in [9.17, 15) is 22.8 Å². The molecule has 3 aromatic rings. The first-order chi connectivity index (χ1) is 20.4. The molecule has 1 saturated heterocycles. The van der Waals surface area contributed by atoms with Gasteiger partial charge in [0, 0.05) is 62.3 Å². The van der Waals surface area contributed by atoms with Gasteiger partial charge in [0.15, 0.2) is 0 Å². The first-order valence-electron chi connectivity index (χ1n) is 14.0. The monoisotopic (exact) mass is 615 g/mol. The summed E-state index contributed by atoms with van der Waals surface area (Å²) in [4.78, 5) is 39.9. The van der Waals surface area contributed by atoms with Crippen LogP contribution in [0.25, 0.3) is 0 Å². The molecule has 3 N–H and O–H groups in total. The second kappa shape index (κ2) is 12.5. The number of piperazine rings is 1. The van der Waals surface area contributed by atoms with Crippen LogP contribution < -0.4 is 16.0 Å². The van der Waals surface area contributed by atoms with E-state index in [2.05, 4.69) is 42.8 Å². The Labute approximate surface area is 252 Å². The quantitative estimate of drug-likeness (QED) is 0.310. The van der Waals surface area contributed by atoms with E-state index in [0.717, 1.165) is 57.0 Å². The van der Waals surface area contributed by atoms with Gasteiger partial charge >= 0.3 is 6.18 Å². The summed E-state index contributed by atoms with van der Waals surface area (Å²) in [7, 11) is 2.12. The fourth-order valence-electron chi connectivity index (χ4n) is 5.02. The molecule has 2 amide bonds. The molecule has 9 nitrogen and oxygen atoms in total. The Kier molecular flexibility index (Phi) is 8.91. The average Bonchev–Trinajstić information content (AvgIpc) is 3.78. The lowest BCUT2D eigenvalue weighted by Gasteiger charge is -2.32. The number of nitrogens with zero attached hydrogens (tertiary/aromatic N) is 4. The van der Waals surface area contributed by atoms with Crippen LogP contribution in [0.1, 0.15) is 40.0 Å². The van der Waals surface area contributed by atoms with Crippen LogP contribution in [0.15, 0.2) is 48.8 Å².